The summed E-state index contributed by atoms with van der Waals surface area (Å²) < 4.78 is 0. The van der Waals surface area contributed by atoms with Crippen molar-refractivity contribution < 1.29 is 9.90 Å². The monoisotopic (exact) mass is 292 g/mol. The van der Waals surface area contributed by atoms with Crippen LogP contribution in [0.4, 0.5) is 0 Å². The molecule has 0 aromatic heterocycles. The van der Waals surface area contributed by atoms with Gasteiger partial charge in [0.25, 0.3) is 0 Å². The van der Waals surface area contributed by atoms with E-state index in [4.69, 9.17) is 11.5 Å². The number of carboxylic acids is 1. The van der Waals surface area contributed by atoms with Crippen molar-refractivity contribution in [1.82, 2.24) is 5.32 Å². The Morgan fingerprint density at radius 1 is 1.33 bits per heavy atom. The van der Waals surface area contributed by atoms with Gasteiger partial charge in [0.2, 0.25) is 0 Å². The predicted octanol–water partition coefficient (Wildman–Crippen LogP) is 1.23. The highest BCUT2D eigenvalue weighted by Gasteiger charge is 2.21. The van der Waals surface area contributed by atoms with E-state index in [0.717, 1.165) is 12.0 Å². The number of hydrogen-bond acceptors (Lipinski definition) is 3. The normalized spacial score (nSPS) is 13.4. The molecule has 2 unspecified atom stereocenters. The van der Waals surface area contributed by atoms with Gasteiger partial charge in [-0.1, -0.05) is 37.3 Å². The summed E-state index contributed by atoms with van der Waals surface area (Å²) in [5.74, 6) is -0.820. The Morgan fingerprint density at radius 3 is 2.52 bits per heavy atom. The molecule has 0 aliphatic rings. The van der Waals surface area contributed by atoms with E-state index < -0.39 is 12.0 Å². The maximum absolute atomic E-state index is 11.4. The first-order valence-electron chi connectivity index (χ1n) is 7.13. The van der Waals surface area contributed by atoms with Gasteiger partial charge in [-0.2, -0.15) is 0 Å². The molecular formula is C15H24N4O2. The number of benzene rings is 1. The van der Waals surface area contributed by atoms with Crippen molar-refractivity contribution in [2.45, 2.75) is 38.3 Å². The third-order valence-corrected chi connectivity index (χ3v) is 3.26. The predicted molar refractivity (Wildman–Crippen MR) is 83.9 cm³/mol. The number of carbonyl (C=O) groups is 1. The van der Waals surface area contributed by atoms with Crippen LogP contribution < -0.4 is 16.8 Å². The summed E-state index contributed by atoms with van der Waals surface area (Å²) in [6.07, 6.45) is 1.92. The highest BCUT2D eigenvalue weighted by molar-refractivity contribution is 5.75. The second-order valence-corrected chi connectivity index (χ2v) is 4.88. The summed E-state index contributed by atoms with van der Waals surface area (Å²) in [5.41, 5.74) is 11.6. The first-order chi connectivity index (χ1) is 10.0. The zero-order chi connectivity index (χ0) is 15.7. The average Bonchev–Trinajstić information content (AvgIpc) is 2.47. The van der Waals surface area contributed by atoms with Gasteiger partial charge in [0.1, 0.15) is 6.04 Å². The number of hydrogen-bond donors (Lipinski definition) is 4. The number of nitrogens with zero attached hydrogens (tertiary/aromatic N) is 1. The summed E-state index contributed by atoms with van der Waals surface area (Å²) >= 11 is 0. The quantitative estimate of drug-likeness (QED) is 0.310. The molecule has 21 heavy (non-hydrogen) atoms. The fourth-order valence-corrected chi connectivity index (χ4v) is 2.16. The average molecular weight is 292 g/mol. The summed E-state index contributed by atoms with van der Waals surface area (Å²) in [5, 5.41) is 12.5. The Morgan fingerprint density at radius 2 is 2.00 bits per heavy atom. The van der Waals surface area contributed by atoms with Crippen molar-refractivity contribution in [3.05, 3.63) is 35.9 Å². The minimum Gasteiger partial charge on any atom is -0.480 e. The van der Waals surface area contributed by atoms with E-state index in [2.05, 4.69) is 10.3 Å². The van der Waals surface area contributed by atoms with Gasteiger partial charge in [-0.25, -0.2) is 0 Å². The molecule has 1 aromatic rings. The number of aliphatic carboxylic acids is 1. The van der Waals surface area contributed by atoms with Gasteiger partial charge < -0.3 is 16.6 Å². The fourth-order valence-electron chi connectivity index (χ4n) is 2.16. The SMILES string of the molecule is CCC(NC(CCCN=C(N)N)C(=O)O)c1ccccc1. The lowest BCUT2D eigenvalue weighted by atomic mass is 10.0. The highest BCUT2D eigenvalue weighted by atomic mass is 16.4. The van der Waals surface area contributed by atoms with Gasteiger partial charge in [-0.15, -0.1) is 0 Å². The maximum atomic E-state index is 11.4. The molecule has 0 aliphatic heterocycles. The number of carboxylic acid groups (broad SMARTS) is 1. The van der Waals surface area contributed by atoms with E-state index in [-0.39, 0.29) is 12.0 Å². The maximum Gasteiger partial charge on any atom is 0.320 e. The van der Waals surface area contributed by atoms with Crippen molar-refractivity contribution in [2.24, 2.45) is 16.5 Å². The van der Waals surface area contributed by atoms with Gasteiger partial charge in [0, 0.05) is 12.6 Å². The van der Waals surface area contributed by atoms with Crippen molar-refractivity contribution in [3.8, 4) is 0 Å². The van der Waals surface area contributed by atoms with E-state index in [9.17, 15) is 9.90 Å². The van der Waals surface area contributed by atoms with Gasteiger partial charge >= 0.3 is 5.97 Å². The summed E-state index contributed by atoms with van der Waals surface area (Å²) in [6.45, 7) is 2.47. The molecule has 116 valence electrons. The smallest absolute Gasteiger partial charge is 0.320 e. The van der Waals surface area contributed by atoms with E-state index in [1.807, 2.05) is 37.3 Å². The lowest BCUT2D eigenvalue weighted by molar-refractivity contribution is -0.139. The molecule has 0 aliphatic carbocycles. The van der Waals surface area contributed by atoms with E-state index >= 15 is 0 Å². The molecule has 0 saturated heterocycles. The molecule has 0 amide bonds. The molecule has 0 spiro atoms. The van der Waals surface area contributed by atoms with Gasteiger partial charge in [0.05, 0.1) is 0 Å². The molecule has 0 bridgehead atoms. The third-order valence-electron chi connectivity index (χ3n) is 3.26. The number of guanidine groups is 1. The molecule has 0 radical (unpaired) electrons. The number of nitrogens with one attached hydrogen (secondary N) is 1. The Hall–Kier alpha value is -2.08. The molecule has 0 heterocycles. The van der Waals surface area contributed by atoms with Crippen LogP contribution in [0.25, 0.3) is 0 Å². The second kappa shape index (κ2) is 8.97. The lowest BCUT2D eigenvalue weighted by Crippen LogP contribution is -2.39. The van der Waals surface area contributed by atoms with Crippen molar-refractivity contribution in [3.63, 3.8) is 0 Å². The molecule has 1 aromatic carbocycles. The molecule has 6 heteroatoms. The minimum atomic E-state index is -0.853. The van der Waals surface area contributed by atoms with Gasteiger partial charge in [-0.3, -0.25) is 15.1 Å². The van der Waals surface area contributed by atoms with Crippen molar-refractivity contribution in [2.75, 3.05) is 6.54 Å². The molecule has 6 nitrogen and oxygen atoms in total. The summed E-state index contributed by atoms with van der Waals surface area (Å²) in [6, 6.07) is 9.27. The minimum absolute atomic E-state index is 0.0235. The van der Waals surface area contributed by atoms with E-state index in [1.54, 1.807) is 0 Å². The topological polar surface area (TPSA) is 114 Å². The first kappa shape index (κ1) is 17.0. The number of nitrogens with two attached hydrogens (primary N) is 2. The fraction of sp³-hybridized carbons (Fsp3) is 0.467. The Labute approximate surface area is 125 Å². The molecule has 2 atom stereocenters. The molecule has 6 N–H and O–H groups in total. The third kappa shape index (κ3) is 6.27. The van der Waals surface area contributed by atoms with E-state index in [0.29, 0.717) is 19.4 Å². The van der Waals surface area contributed by atoms with Crippen LogP contribution in [0.3, 0.4) is 0 Å². The molecular weight excluding hydrogens is 268 g/mol. The van der Waals surface area contributed by atoms with Crippen LogP contribution in [0.15, 0.2) is 35.3 Å². The van der Waals surface area contributed by atoms with Crippen LogP contribution in [-0.4, -0.2) is 29.6 Å². The second-order valence-electron chi connectivity index (χ2n) is 4.88. The Bertz CT molecular complexity index is 458. The Kier molecular flexibility index (Phi) is 7.25. The van der Waals surface area contributed by atoms with Crippen LogP contribution in [0, 0.1) is 0 Å². The van der Waals surface area contributed by atoms with Crippen LogP contribution in [0.2, 0.25) is 0 Å². The molecule has 1 rings (SSSR count). The highest BCUT2D eigenvalue weighted by Crippen LogP contribution is 2.17. The van der Waals surface area contributed by atoms with Gasteiger partial charge in [-0.05, 0) is 24.8 Å². The van der Waals surface area contributed by atoms with Crippen molar-refractivity contribution >= 4 is 11.9 Å². The van der Waals surface area contributed by atoms with Crippen LogP contribution >= 0.6 is 0 Å². The largest absolute Gasteiger partial charge is 0.480 e. The zero-order valence-corrected chi connectivity index (χ0v) is 12.3. The summed E-state index contributed by atoms with van der Waals surface area (Å²) in [4.78, 5) is 15.2. The lowest BCUT2D eigenvalue weighted by Gasteiger charge is -2.22. The van der Waals surface area contributed by atoms with Crippen LogP contribution in [0.5, 0.6) is 0 Å². The van der Waals surface area contributed by atoms with Crippen LogP contribution in [0.1, 0.15) is 37.8 Å². The molecule has 0 saturated carbocycles. The summed E-state index contributed by atoms with van der Waals surface area (Å²) in [7, 11) is 0. The number of aliphatic imine (C=N–C) groups is 1. The Balaban J connectivity index is 2.60. The van der Waals surface area contributed by atoms with Gasteiger partial charge in [0.15, 0.2) is 5.96 Å². The first-order valence-corrected chi connectivity index (χ1v) is 7.13. The zero-order valence-electron chi connectivity index (χ0n) is 12.3. The van der Waals surface area contributed by atoms with Crippen molar-refractivity contribution in [1.29, 1.82) is 0 Å². The number of rotatable bonds is 9. The van der Waals surface area contributed by atoms with Crippen LogP contribution in [-0.2, 0) is 4.79 Å². The standard InChI is InChI=1S/C15H24N4O2/c1-2-12(11-7-4-3-5-8-11)19-13(14(20)21)9-6-10-18-15(16)17/h3-5,7-8,12-13,19H,2,6,9-10H2,1H3,(H,20,21)(H4,16,17,18). The molecule has 0 fully saturated rings. The van der Waals surface area contributed by atoms with E-state index in [1.165, 1.54) is 0 Å².